The highest BCUT2D eigenvalue weighted by atomic mass is 16.7. The molecule has 6 heteroatoms. The molecular formula is C49H66N2O4. The van der Waals surface area contributed by atoms with Gasteiger partial charge in [0.25, 0.3) is 5.91 Å². The molecule has 296 valence electrons. The van der Waals surface area contributed by atoms with Gasteiger partial charge in [-0.15, -0.1) is 0 Å². The number of carbonyl (C=O) groups is 1. The second-order valence-corrected chi connectivity index (χ2v) is 15.5. The van der Waals surface area contributed by atoms with E-state index >= 15 is 0 Å². The van der Waals surface area contributed by atoms with Gasteiger partial charge in [0.1, 0.15) is 0 Å². The lowest BCUT2D eigenvalue weighted by Crippen LogP contribution is -2.45. The van der Waals surface area contributed by atoms with E-state index in [9.17, 15) is 9.90 Å². The van der Waals surface area contributed by atoms with Crippen LogP contribution in [0.5, 0.6) is 0 Å². The van der Waals surface area contributed by atoms with E-state index in [1.807, 2.05) is 54.6 Å². The molecule has 0 saturated carbocycles. The first-order chi connectivity index (χ1) is 27.0. The van der Waals surface area contributed by atoms with E-state index in [1.165, 1.54) is 77.0 Å². The van der Waals surface area contributed by atoms with Crippen molar-refractivity contribution in [2.24, 2.45) is 5.92 Å². The molecular weight excluding hydrogens is 681 g/mol. The number of rotatable bonds is 23. The Labute approximate surface area is 331 Å². The Morgan fingerprint density at radius 3 is 1.91 bits per heavy atom. The smallest absolute Gasteiger partial charge is 0.251 e. The first-order valence-electron chi connectivity index (χ1n) is 21.2. The summed E-state index contributed by atoms with van der Waals surface area (Å²) in [5.74, 6) is 0.0725. The lowest BCUT2D eigenvalue weighted by molar-refractivity contribution is -0.276. The summed E-state index contributed by atoms with van der Waals surface area (Å²) in [4.78, 5) is 15.3. The van der Waals surface area contributed by atoms with E-state index in [2.05, 4.69) is 79.5 Å². The molecule has 4 aromatic carbocycles. The molecule has 5 rings (SSSR count). The van der Waals surface area contributed by atoms with Gasteiger partial charge < -0.3 is 24.8 Å². The molecule has 0 aromatic heterocycles. The van der Waals surface area contributed by atoms with Crippen LogP contribution < -0.4 is 5.32 Å². The highest BCUT2D eigenvalue weighted by Gasteiger charge is 2.39. The Balaban J connectivity index is 1.30. The lowest BCUT2D eigenvalue weighted by atomic mass is 9.89. The van der Waals surface area contributed by atoms with Gasteiger partial charge in [0.05, 0.1) is 18.8 Å². The van der Waals surface area contributed by atoms with Crippen LogP contribution in [0.1, 0.15) is 143 Å². The van der Waals surface area contributed by atoms with Crippen molar-refractivity contribution in [3.63, 3.8) is 0 Å². The molecule has 0 aliphatic carbocycles. The Hall–Kier alpha value is -3.81. The largest absolute Gasteiger partial charge is 0.392 e. The van der Waals surface area contributed by atoms with Gasteiger partial charge in [-0.05, 0) is 71.9 Å². The summed E-state index contributed by atoms with van der Waals surface area (Å²) in [6.45, 7) is 10.4. The quantitative estimate of drug-likeness (QED) is 0.0740. The summed E-state index contributed by atoms with van der Waals surface area (Å²) in [7, 11) is 0. The highest BCUT2D eigenvalue weighted by Crippen LogP contribution is 2.42. The van der Waals surface area contributed by atoms with Gasteiger partial charge in [-0.3, -0.25) is 4.79 Å². The number of carbonyl (C=O) groups excluding carboxylic acids is 1. The van der Waals surface area contributed by atoms with Crippen molar-refractivity contribution in [3.05, 3.63) is 131 Å². The third-order valence-corrected chi connectivity index (χ3v) is 11.1. The molecule has 6 nitrogen and oxygen atoms in total. The van der Waals surface area contributed by atoms with Crippen LogP contribution in [0, 0.1) is 5.92 Å². The van der Waals surface area contributed by atoms with E-state index in [4.69, 9.17) is 9.47 Å². The first kappa shape index (κ1) is 42.3. The van der Waals surface area contributed by atoms with E-state index in [0.717, 1.165) is 53.0 Å². The minimum atomic E-state index is -0.498. The molecule has 1 heterocycles. The van der Waals surface area contributed by atoms with Gasteiger partial charge in [0.2, 0.25) is 0 Å². The zero-order valence-corrected chi connectivity index (χ0v) is 33.8. The Morgan fingerprint density at radius 1 is 0.655 bits per heavy atom. The minimum absolute atomic E-state index is 0.00362. The normalized spacial score (nSPS) is 18.4. The molecule has 1 aliphatic heterocycles. The molecule has 1 aliphatic rings. The van der Waals surface area contributed by atoms with Crippen molar-refractivity contribution in [2.75, 3.05) is 19.6 Å². The fraction of sp³-hybridized carbons (Fsp3) is 0.490. The Kier molecular flexibility index (Phi) is 17.9. The molecule has 0 spiro atoms. The van der Waals surface area contributed by atoms with Gasteiger partial charge in [-0.25, -0.2) is 0 Å². The second-order valence-electron chi connectivity index (χ2n) is 15.5. The molecule has 1 saturated heterocycles. The SMILES string of the molecule is CCCCCCCCN(CCCCCCCC)C[C@H]1O[C@@H](c2ccc(-c3cccc(CNC(=O)c4ccccc4)c3)cc2)O[C@@H](c2ccc(CO)cc2)[C@H]1C. The van der Waals surface area contributed by atoms with Crippen LogP contribution in [0.25, 0.3) is 11.1 Å². The molecule has 0 unspecified atom stereocenters. The molecule has 55 heavy (non-hydrogen) atoms. The summed E-state index contributed by atoms with van der Waals surface area (Å²) in [6.07, 6.45) is 14.9. The maximum Gasteiger partial charge on any atom is 0.251 e. The van der Waals surface area contributed by atoms with Crippen LogP contribution in [0.4, 0.5) is 0 Å². The summed E-state index contributed by atoms with van der Waals surface area (Å²) in [5.41, 5.74) is 6.92. The molecule has 1 amide bonds. The highest BCUT2D eigenvalue weighted by molar-refractivity contribution is 5.94. The van der Waals surface area contributed by atoms with Gasteiger partial charge in [-0.1, -0.05) is 170 Å². The summed E-state index contributed by atoms with van der Waals surface area (Å²) in [6, 6.07) is 34.4. The van der Waals surface area contributed by atoms with Crippen LogP contribution in [-0.4, -0.2) is 41.7 Å². The zero-order chi connectivity index (χ0) is 38.7. The zero-order valence-electron chi connectivity index (χ0n) is 33.8. The number of hydrogen-bond acceptors (Lipinski definition) is 5. The lowest BCUT2D eigenvalue weighted by Gasteiger charge is -2.43. The average Bonchev–Trinajstić information content (AvgIpc) is 3.23. The van der Waals surface area contributed by atoms with Crippen LogP contribution in [0.15, 0.2) is 103 Å². The van der Waals surface area contributed by atoms with Crippen molar-refractivity contribution < 1.29 is 19.4 Å². The van der Waals surface area contributed by atoms with Crippen molar-refractivity contribution in [2.45, 2.75) is 129 Å². The number of aliphatic hydroxyl groups excluding tert-OH is 1. The van der Waals surface area contributed by atoms with E-state index in [-0.39, 0.29) is 30.6 Å². The Bertz CT molecular complexity index is 1640. The van der Waals surface area contributed by atoms with E-state index in [0.29, 0.717) is 12.1 Å². The molecule has 4 atom stereocenters. The topological polar surface area (TPSA) is 71.0 Å². The monoisotopic (exact) mass is 747 g/mol. The van der Waals surface area contributed by atoms with E-state index in [1.54, 1.807) is 0 Å². The first-order valence-corrected chi connectivity index (χ1v) is 21.2. The number of hydrogen-bond donors (Lipinski definition) is 2. The number of nitrogens with zero attached hydrogens (tertiary/aromatic N) is 1. The number of benzene rings is 4. The van der Waals surface area contributed by atoms with E-state index < -0.39 is 6.29 Å². The average molecular weight is 747 g/mol. The fourth-order valence-corrected chi connectivity index (χ4v) is 7.68. The summed E-state index contributed by atoms with van der Waals surface area (Å²) >= 11 is 0. The van der Waals surface area contributed by atoms with Gasteiger partial charge >= 0.3 is 0 Å². The van der Waals surface area contributed by atoms with Crippen molar-refractivity contribution >= 4 is 5.91 Å². The number of nitrogens with one attached hydrogen (secondary N) is 1. The third-order valence-electron chi connectivity index (χ3n) is 11.1. The Morgan fingerprint density at radius 2 is 1.27 bits per heavy atom. The standard InChI is InChI=1S/C49H66N2O4/c1-4-6-8-10-12-17-32-51(33-18-13-11-9-7-5-2)36-46-38(3)47(42-26-24-39(37-52)25-27-42)55-49(54-46)44-30-28-41(29-31-44)45-23-19-20-40(34-45)35-50-48(53)43-21-15-14-16-22-43/h14-16,19-31,34,38,46-47,49,52H,4-13,17-18,32-33,35-37H2,1-3H3,(H,50,53)/t38-,46+,47+,49+/m0/s1. The second kappa shape index (κ2) is 23.3. The van der Waals surface area contributed by atoms with Gasteiger partial charge in [0.15, 0.2) is 6.29 Å². The number of aliphatic hydroxyl groups is 1. The van der Waals surface area contributed by atoms with Crippen molar-refractivity contribution in [1.29, 1.82) is 0 Å². The van der Waals surface area contributed by atoms with Crippen molar-refractivity contribution in [1.82, 2.24) is 10.2 Å². The molecule has 0 bridgehead atoms. The summed E-state index contributed by atoms with van der Waals surface area (Å²) < 4.78 is 13.8. The minimum Gasteiger partial charge on any atom is -0.392 e. The maximum atomic E-state index is 12.6. The van der Waals surface area contributed by atoms with Crippen LogP contribution in [0.2, 0.25) is 0 Å². The fourth-order valence-electron chi connectivity index (χ4n) is 7.68. The number of amides is 1. The van der Waals surface area contributed by atoms with Crippen molar-refractivity contribution in [3.8, 4) is 11.1 Å². The summed E-state index contributed by atoms with van der Waals surface area (Å²) in [5, 5.41) is 12.8. The predicted molar refractivity (Wildman–Crippen MR) is 226 cm³/mol. The predicted octanol–water partition coefficient (Wildman–Crippen LogP) is 11.6. The molecule has 0 radical (unpaired) electrons. The van der Waals surface area contributed by atoms with Crippen LogP contribution in [0.3, 0.4) is 0 Å². The molecule has 2 N–H and O–H groups in total. The van der Waals surface area contributed by atoms with Gasteiger partial charge in [0, 0.05) is 30.1 Å². The third kappa shape index (κ3) is 13.4. The van der Waals surface area contributed by atoms with Crippen LogP contribution >= 0.6 is 0 Å². The molecule has 4 aromatic rings. The number of ether oxygens (including phenoxy) is 2. The van der Waals surface area contributed by atoms with Crippen LogP contribution in [-0.2, 0) is 22.6 Å². The number of unbranched alkanes of at least 4 members (excludes halogenated alkanes) is 10. The molecule has 1 fully saturated rings. The maximum absolute atomic E-state index is 12.6. The van der Waals surface area contributed by atoms with Gasteiger partial charge in [-0.2, -0.15) is 0 Å².